The number of hydrogen-bond acceptors (Lipinski definition) is 3. The number of aromatic nitrogens is 1. The molecule has 0 unspecified atom stereocenters. The lowest BCUT2D eigenvalue weighted by Gasteiger charge is -2.09. The molecule has 1 aromatic rings. The van der Waals surface area contributed by atoms with Crippen LogP contribution in [0.15, 0.2) is 12.3 Å². The molecule has 12 heavy (non-hydrogen) atoms. The minimum absolute atomic E-state index is 0.635. The fraction of sp³-hybridized carbons (Fsp3) is 0.444. The van der Waals surface area contributed by atoms with Gasteiger partial charge in [-0.2, -0.15) is 0 Å². The lowest BCUT2D eigenvalue weighted by molar-refractivity contribution is 1.09. The highest BCUT2D eigenvalue weighted by Crippen LogP contribution is 2.19. The van der Waals surface area contributed by atoms with Crippen molar-refractivity contribution in [3.05, 3.63) is 17.8 Å². The number of nitrogen functional groups attached to an aromatic ring is 1. The molecule has 3 heteroatoms. The van der Waals surface area contributed by atoms with E-state index in [-0.39, 0.29) is 0 Å². The summed E-state index contributed by atoms with van der Waals surface area (Å²) in [6, 6.07) is 1.96. The van der Waals surface area contributed by atoms with Crippen LogP contribution < -0.4 is 11.1 Å². The van der Waals surface area contributed by atoms with E-state index in [9.17, 15) is 0 Å². The summed E-state index contributed by atoms with van der Waals surface area (Å²) in [7, 11) is 0. The Hall–Kier alpha value is -1.25. The molecule has 0 saturated heterocycles. The van der Waals surface area contributed by atoms with Crippen molar-refractivity contribution in [2.75, 3.05) is 17.6 Å². The second-order valence-corrected chi connectivity index (χ2v) is 2.61. The molecule has 0 atom stereocenters. The van der Waals surface area contributed by atoms with Crippen molar-refractivity contribution in [3.8, 4) is 0 Å². The average molecular weight is 165 g/mol. The highest BCUT2D eigenvalue weighted by atomic mass is 14.9. The summed E-state index contributed by atoms with van der Waals surface area (Å²) in [4.78, 5) is 4.03. The van der Waals surface area contributed by atoms with E-state index in [1.165, 1.54) is 0 Å². The van der Waals surface area contributed by atoms with E-state index in [2.05, 4.69) is 24.1 Å². The Morgan fingerprint density at radius 1 is 1.50 bits per heavy atom. The van der Waals surface area contributed by atoms with Gasteiger partial charge in [0.15, 0.2) is 0 Å². The monoisotopic (exact) mass is 165 g/mol. The zero-order valence-corrected chi connectivity index (χ0v) is 7.59. The second kappa shape index (κ2) is 3.95. The number of nitrogens with two attached hydrogens (primary N) is 1. The van der Waals surface area contributed by atoms with Crippen molar-refractivity contribution in [1.82, 2.24) is 4.98 Å². The van der Waals surface area contributed by atoms with Crippen LogP contribution in [0.3, 0.4) is 0 Å². The molecule has 0 fully saturated rings. The molecule has 0 aliphatic heterocycles. The Morgan fingerprint density at radius 3 is 2.83 bits per heavy atom. The summed E-state index contributed by atoms with van der Waals surface area (Å²) < 4.78 is 0. The van der Waals surface area contributed by atoms with Crippen LogP contribution in [-0.2, 0) is 6.42 Å². The molecule has 0 bridgehead atoms. The minimum atomic E-state index is 0.635. The van der Waals surface area contributed by atoms with Gasteiger partial charge < -0.3 is 11.1 Å². The van der Waals surface area contributed by atoms with Crippen LogP contribution in [0.25, 0.3) is 0 Å². The van der Waals surface area contributed by atoms with Crippen molar-refractivity contribution < 1.29 is 0 Å². The van der Waals surface area contributed by atoms with E-state index in [0.29, 0.717) is 5.82 Å². The van der Waals surface area contributed by atoms with Crippen LogP contribution in [-0.4, -0.2) is 11.5 Å². The normalized spacial score (nSPS) is 9.83. The maximum atomic E-state index is 5.71. The Bertz CT molecular complexity index is 258. The van der Waals surface area contributed by atoms with Gasteiger partial charge in [0.25, 0.3) is 0 Å². The first-order chi connectivity index (χ1) is 5.79. The van der Waals surface area contributed by atoms with Gasteiger partial charge in [0.05, 0.1) is 0 Å². The fourth-order valence-corrected chi connectivity index (χ4v) is 1.24. The number of nitrogens with zero attached hydrogens (tertiary/aromatic N) is 1. The third kappa shape index (κ3) is 1.67. The van der Waals surface area contributed by atoms with Gasteiger partial charge in [-0.25, -0.2) is 4.98 Å². The number of anilines is 2. The van der Waals surface area contributed by atoms with Crippen LogP contribution in [0.4, 0.5) is 11.5 Å². The largest absolute Gasteiger partial charge is 0.385 e. The van der Waals surface area contributed by atoms with E-state index < -0.39 is 0 Å². The molecule has 1 heterocycles. The zero-order valence-electron chi connectivity index (χ0n) is 7.59. The topological polar surface area (TPSA) is 50.9 Å². The molecular formula is C9H15N3. The van der Waals surface area contributed by atoms with Gasteiger partial charge >= 0.3 is 0 Å². The second-order valence-electron chi connectivity index (χ2n) is 2.61. The maximum Gasteiger partial charge on any atom is 0.128 e. The molecule has 3 N–H and O–H groups in total. The third-order valence-electron chi connectivity index (χ3n) is 1.81. The van der Waals surface area contributed by atoms with Gasteiger partial charge in [0.1, 0.15) is 5.82 Å². The third-order valence-corrected chi connectivity index (χ3v) is 1.81. The molecule has 1 aromatic heterocycles. The van der Waals surface area contributed by atoms with E-state index in [4.69, 9.17) is 5.73 Å². The summed E-state index contributed by atoms with van der Waals surface area (Å²) in [5.41, 5.74) is 7.93. The lowest BCUT2D eigenvalue weighted by Crippen LogP contribution is -2.04. The van der Waals surface area contributed by atoms with E-state index >= 15 is 0 Å². The first-order valence-corrected chi connectivity index (χ1v) is 4.26. The van der Waals surface area contributed by atoms with Gasteiger partial charge in [-0.3, -0.25) is 0 Å². The van der Waals surface area contributed by atoms with Crippen molar-refractivity contribution in [2.24, 2.45) is 0 Å². The Labute approximate surface area is 73.0 Å². The zero-order chi connectivity index (χ0) is 8.97. The average Bonchev–Trinajstić information content (AvgIpc) is 2.05. The van der Waals surface area contributed by atoms with E-state index in [0.717, 1.165) is 24.2 Å². The molecule has 0 spiro atoms. The highest BCUT2D eigenvalue weighted by Gasteiger charge is 2.02. The van der Waals surface area contributed by atoms with Crippen molar-refractivity contribution in [3.63, 3.8) is 0 Å². The lowest BCUT2D eigenvalue weighted by atomic mass is 10.1. The molecule has 0 amide bonds. The van der Waals surface area contributed by atoms with Crippen LogP contribution in [0.1, 0.15) is 19.4 Å². The number of rotatable bonds is 3. The quantitative estimate of drug-likeness (QED) is 0.716. The first-order valence-electron chi connectivity index (χ1n) is 4.26. The molecule has 0 aliphatic rings. The van der Waals surface area contributed by atoms with Gasteiger partial charge in [-0.05, 0) is 19.4 Å². The van der Waals surface area contributed by atoms with Crippen molar-refractivity contribution in [2.45, 2.75) is 20.3 Å². The van der Waals surface area contributed by atoms with Crippen molar-refractivity contribution >= 4 is 11.5 Å². The van der Waals surface area contributed by atoms with E-state index in [1.54, 1.807) is 6.20 Å². The summed E-state index contributed by atoms with van der Waals surface area (Å²) in [6.07, 6.45) is 2.65. The predicted octanol–water partition coefficient (Wildman–Crippen LogP) is 1.66. The number of nitrogens with one attached hydrogen (secondary N) is 1. The molecule has 1 rings (SSSR count). The Morgan fingerprint density at radius 2 is 2.25 bits per heavy atom. The highest BCUT2D eigenvalue weighted by molar-refractivity contribution is 5.59. The summed E-state index contributed by atoms with van der Waals surface area (Å²) in [5, 5.41) is 3.25. The summed E-state index contributed by atoms with van der Waals surface area (Å²) in [5.74, 6) is 0.635. The molecule has 66 valence electrons. The SMILES string of the molecule is CCNc1ccnc(N)c1CC. The van der Waals surface area contributed by atoms with Gasteiger partial charge in [-0.1, -0.05) is 6.92 Å². The maximum absolute atomic E-state index is 5.71. The Kier molecular flexibility index (Phi) is 2.91. The number of pyridine rings is 1. The standard InChI is InChI=1S/C9H15N3/c1-3-7-8(11-4-2)5-6-12-9(7)10/h5-6H,3-4H2,1-2H3,(H3,10,11,12). The van der Waals surface area contributed by atoms with Gasteiger partial charge in [-0.15, -0.1) is 0 Å². The minimum Gasteiger partial charge on any atom is -0.385 e. The Balaban J connectivity index is 3.00. The van der Waals surface area contributed by atoms with Crippen LogP contribution >= 0.6 is 0 Å². The fourth-order valence-electron chi connectivity index (χ4n) is 1.24. The van der Waals surface area contributed by atoms with Crippen molar-refractivity contribution in [1.29, 1.82) is 0 Å². The van der Waals surface area contributed by atoms with Crippen LogP contribution in [0.2, 0.25) is 0 Å². The first kappa shape index (κ1) is 8.84. The smallest absolute Gasteiger partial charge is 0.128 e. The predicted molar refractivity (Wildman–Crippen MR) is 52.2 cm³/mol. The molecular weight excluding hydrogens is 150 g/mol. The molecule has 0 saturated carbocycles. The molecule has 0 aromatic carbocycles. The summed E-state index contributed by atoms with van der Waals surface area (Å²) in [6.45, 7) is 5.06. The van der Waals surface area contributed by atoms with Gasteiger partial charge in [0.2, 0.25) is 0 Å². The van der Waals surface area contributed by atoms with E-state index in [1.807, 2.05) is 6.07 Å². The molecule has 0 radical (unpaired) electrons. The number of hydrogen-bond donors (Lipinski definition) is 2. The molecule has 0 aliphatic carbocycles. The van der Waals surface area contributed by atoms with Gasteiger partial charge in [0, 0.05) is 24.0 Å². The summed E-state index contributed by atoms with van der Waals surface area (Å²) >= 11 is 0. The van der Waals surface area contributed by atoms with Crippen LogP contribution in [0, 0.1) is 0 Å². The molecule has 3 nitrogen and oxygen atoms in total. The van der Waals surface area contributed by atoms with Crippen LogP contribution in [0.5, 0.6) is 0 Å².